The van der Waals surface area contributed by atoms with Crippen molar-refractivity contribution in [3.63, 3.8) is 0 Å². The van der Waals surface area contributed by atoms with Gasteiger partial charge in [0.2, 0.25) is 5.91 Å². The number of amides is 1. The molecule has 1 atom stereocenters. The van der Waals surface area contributed by atoms with E-state index in [1.165, 1.54) is 6.26 Å². The Labute approximate surface area is 160 Å². The average molecular weight is 363 g/mol. The van der Waals surface area contributed by atoms with Gasteiger partial charge in [0.1, 0.15) is 5.41 Å². The standard InChI is InChI=1S/C23H25NO3/c1-22(2,3)21(26)27-16-10-15-23(17-11-6-5-7-12-17)18-13-8-9-14-19(18)24(4)20(23)25/h5-14,16H,15H2,1-4H3/b16-10+. The van der Waals surface area contributed by atoms with Crippen molar-refractivity contribution in [3.05, 3.63) is 78.1 Å². The predicted octanol–water partition coefficient (Wildman–Crippen LogP) is 4.44. The summed E-state index contributed by atoms with van der Waals surface area (Å²) < 4.78 is 5.25. The minimum atomic E-state index is -0.822. The van der Waals surface area contributed by atoms with Crippen LogP contribution in [0.2, 0.25) is 0 Å². The first kappa shape index (κ1) is 18.9. The van der Waals surface area contributed by atoms with Crippen molar-refractivity contribution >= 4 is 17.6 Å². The largest absolute Gasteiger partial charge is 0.434 e. The third kappa shape index (κ3) is 3.27. The number of anilines is 1. The number of hydrogen-bond donors (Lipinski definition) is 0. The van der Waals surface area contributed by atoms with Gasteiger partial charge in [0.05, 0.1) is 11.7 Å². The normalized spacial score (nSPS) is 19.4. The van der Waals surface area contributed by atoms with Gasteiger partial charge in [0.25, 0.3) is 0 Å². The highest BCUT2D eigenvalue weighted by atomic mass is 16.5. The Balaban J connectivity index is 1.99. The quantitative estimate of drug-likeness (QED) is 0.596. The molecule has 1 amide bonds. The van der Waals surface area contributed by atoms with Crippen molar-refractivity contribution < 1.29 is 14.3 Å². The summed E-state index contributed by atoms with van der Waals surface area (Å²) in [5, 5.41) is 0. The molecule has 1 unspecified atom stereocenters. The molecular weight excluding hydrogens is 338 g/mol. The molecule has 0 saturated carbocycles. The van der Waals surface area contributed by atoms with Crippen LogP contribution in [0.25, 0.3) is 0 Å². The molecule has 4 nitrogen and oxygen atoms in total. The van der Waals surface area contributed by atoms with E-state index >= 15 is 0 Å². The molecule has 0 aromatic heterocycles. The van der Waals surface area contributed by atoms with Gasteiger partial charge in [-0.1, -0.05) is 48.5 Å². The van der Waals surface area contributed by atoms with E-state index in [-0.39, 0.29) is 11.9 Å². The number of carbonyl (C=O) groups is 2. The predicted molar refractivity (Wildman–Crippen MR) is 106 cm³/mol. The summed E-state index contributed by atoms with van der Waals surface area (Å²) in [4.78, 5) is 27.0. The van der Waals surface area contributed by atoms with Crippen LogP contribution in [0.5, 0.6) is 0 Å². The zero-order valence-electron chi connectivity index (χ0n) is 16.2. The van der Waals surface area contributed by atoms with E-state index in [0.717, 1.165) is 16.8 Å². The number of esters is 1. The number of carbonyl (C=O) groups excluding carboxylic acids is 2. The van der Waals surface area contributed by atoms with Crippen LogP contribution in [0.1, 0.15) is 38.3 Å². The molecule has 0 radical (unpaired) electrons. The second kappa shape index (κ2) is 7.03. The summed E-state index contributed by atoms with van der Waals surface area (Å²) in [5.74, 6) is -0.288. The topological polar surface area (TPSA) is 46.6 Å². The van der Waals surface area contributed by atoms with E-state index in [1.807, 2.05) is 54.6 Å². The average Bonchev–Trinajstić information content (AvgIpc) is 2.88. The van der Waals surface area contributed by atoms with Crippen LogP contribution in [-0.4, -0.2) is 18.9 Å². The molecule has 1 heterocycles. The first-order valence-electron chi connectivity index (χ1n) is 9.08. The van der Waals surface area contributed by atoms with Crippen LogP contribution in [0.3, 0.4) is 0 Å². The summed E-state index contributed by atoms with van der Waals surface area (Å²) in [6.07, 6.45) is 3.59. The first-order valence-corrected chi connectivity index (χ1v) is 9.08. The molecule has 3 rings (SSSR count). The summed E-state index contributed by atoms with van der Waals surface area (Å²) >= 11 is 0. The van der Waals surface area contributed by atoms with Crippen molar-refractivity contribution in [2.24, 2.45) is 5.41 Å². The minimum absolute atomic E-state index is 0.0155. The fourth-order valence-corrected chi connectivity index (χ4v) is 3.47. The lowest BCUT2D eigenvalue weighted by atomic mass is 9.73. The number of likely N-dealkylation sites (N-methyl/N-ethyl adjacent to an activating group) is 1. The molecule has 2 aromatic carbocycles. The Morgan fingerprint density at radius 1 is 1.07 bits per heavy atom. The van der Waals surface area contributed by atoms with Gasteiger partial charge in [0, 0.05) is 12.7 Å². The van der Waals surface area contributed by atoms with Gasteiger partial charge in [-0.05, 0) is 50.5 Å². The summed E-state index contributed by atoms with van der Waals surface area (Å²) in [6.45, 7) is 5.42. The van der Waals surface area contributed by atoms with Gasteiger partial charge in [-0.15, -0.1) is 0 Å². The fourth-order valence-electron chi connectivity index (χ4n) is 3.47. The smallest absolute Gasteiger partial charge is 0.316 e. The van der Waals surface area contributed by atoms with Crippen LogP contribution in [-0.2, 0) is 19.7 Å². The molecular formula is C23H25NO3. The lowest BCUT2D eigenvalue weighted by Crippen LogP contribution is -2.39. The maximum Gasteiger partial charge on any atom is 0.316 e. The highest BCUT2D eigenvalue weighted by molar-refractivity contribution is 6.10. The summed E-state index contributed by atoms with van der Waals surface area (Å²) in [7, 11) is 1.80. The zero-order valence-corrected chi connectivity index (χ0v) is 16.2. The Hall–Kier alpha value is -2.88. The molecule has 0 fully saturated rings. The van der Waals surface area contributed by atoms with Crippen LogP contribution in [0.4, 0.5) is 5.69 Å². The van der Waals surface area contributed by atoms with E-state index in [2.05, 4.69) is 0 Å². The number of ether oxygens (including phenoxy) is 1. The number of benzene rings is 2. The molecule has 0 aliphatic carbocycles. The molecule has 0 N–H and O–H groups in total. The summed E-state index contributed by atoms with van der Waals surface area (Å²) in [5.41, 5.74) is 1.41. The number of allylic oxidation sites excluding steroid dienone is 1. The maximum absolute atomic E-state index is 13.4. The van der Waals surface area contributed by atoms with E-state index in [4.69, 9.17) is 4.74 Å². The molecule has 0 bridgehead atoms. The minimum Gasteiger partial charge on any atom is -0.434 e. The number of hydrogen-bond acceptors (Lipinski definition) is 3. The van der Waals surface area contributed by atoms with E-state index in [1.54, 1.807) is 38.8 Å². The molecule has 4 heteroatoms. The fraction of sp³-hybridized carbons (Fsp3) is 0.304. The third-order valence-electron chi connectivity index (χ3n) is 4.97. The molecule has 1 aliphatic rings. The number of nitrogens with zero attached hydrogens (tertiary/aromatic N) is 1. The third-order valence-corrected chi connectivity index (χ3v) is 4.97. The van der Waals surface area contributed by atoms with Crippen LogP contribution in [0, 0.1) is 5.41 Å². The second-order valence-corrected chi connectivity index (χ2v) is 7.88. The molecule has 27 heavy (non-hydrogen) atoms. The van der Waals surface area contributed by atoms with Gasteiger partial charge in [-0.2, -0.15) is 0 Å². The Kier molecular flexibility index (Phi) is 4.92. The maximum atomic E-state index is 13.4. The zero-order chi connectivity index (χ0) is 19.7. The molecule has 140 valence electrons. The second-order valence-electron chi connectivity index (χ2n) is 7.88. The number of rotatable bonds is 4. The van der Waals surface area contributed by atoms with Gasteiger partial charge in [0.15, 0.2) is 0 Å². The van der Waals surface area contributed by atoms with Gasteiger partial charge in [-0.25, -0.2) is 0 Å². The molecule has 0 saturated heterocycles. The van der Waals surface area contributed by atoms with Crippen molar-refractivity contribution in [1.82, 2.24) is 0 Å². The van der Waals surface area contributed by atoms with Gasteiger partial charge < -0.3 is 9.64 Å². The summed E-state index contributed by atoms with van der Waals surface area (Å²) in [6, 6.07) is 17.6. The molecule has 0 spiro atoms. The van der Waals surface area contributed by atoms with Crippen molar-refractivity contribution in [3.8, 4) is 0 Å². The van der Waals surface area contributed by atoms with Crippen molar-refractivity contribution in [2.45, 2.75) is 32.6 Å². The number of fused-ring (bicyclic) bond motifs is 1. The monoisotopic (exact) mass is 363 g/mol. The molecule has 2 aromatic rings. The highest BCUT2D eigenvalue weighted by Gasteiger charge is 2.49. The van der Waals surface area contributed by atoms with Crippen molar-refractivity contribution in [2.75, 3.05) is 11.9 Å². The van der Waals surface area contributed by atoms with Crippen molar-refractivity contribution in [1.29, 1.82) is 0 Å². The van der Waals surface area contributed by atoms with Gasteiger partial charge >= 0.3 is 5.97 Å². The van der Waals surface area contributed by atoms with E-state index in [9.17, 15) is 9.59 Å². The highest BCUT2D eigenvalue weighted by Crippen LogP contribution is 2.47. The first-order chi connectivity index (χ1) is 12.8. The SMILES string of the molecule is CN1C(=O)C(C/C=C/OC(=O)C(C)(C)C)(c2ccccc2)c2ccccc21. The lowest BCUT2D eigenvalue weighted by molar-refractivity contribution is -0.146. The van der Waals surface area contributed by atoms with E-state index in [0.29, 0.717) is 6.42 Å². The van der Waals surface area contributed by atoms with Crippen LogP contribution < -0.4 is 4.90 Å². The number of para-hydroxylation sites is 1. The Morgan fingerprint density at radius 3 is 2.37 bits per heavy atom. The Morgan fingerprint density at radius 2 is 1.70 bits per heavy atom. The lowest BCUT2D eigenvalue weighted by Gasteiger charge is -2.28. The van der Waals surface area contributed by atoms with Gasteiger partial charge in [-0.3, -0.25) is 9.59 Å². The van der Waals surface area contributed by atoms with Crippen LogP contribution >= 0.6 is 0 Å². The van der Waals surface area contributed by atoms with Crippen LogP contribution in [0.15, 0.2) is 66.9 Å². The molecule has 1 aliphatic heterocycles. The van der Waals surface area contributed by atoms with E-state index < -0.39 is 10.8 Å². The Bertz CT molecular complexity index is 880.